The maximum Gasteiger partial charge on any atom is 0.339 e. The number of carbonyl (C=O) groups is 1. The Bertz CT molecular complexity index is 1470. The van der Waals surface area contributed by atoms with Crippen LogP contribution in [0.4, 0.5) is 0 Å². The normalized spacial score (nSPS) is 12.3. The quantitative estimate of drug-likeness (QED) is 0.266. The third-order valence-corrected chi connectivity index (χ3v) is 6.41. The van der Waals surface area contributed by atoms with Crippen LogP contribution in [-0.2, 0) is 11.3 Å². The highest BCUT2D eigenvalue weighted by Crippen LogP contribution is 2.51. The molecule has 0 saturated carbocycles. The molecule has 0 spiro atoms. The van der Waals surface area contributed by atoms with Crippen molar-refractivity contribution in [1.82, 2.24) is 0 Å². The standard InChI is InChI=1S/C32H22O2/c33-32-31-26(21-34-32)27(22-13-5-1-6-14-22)28(23-15-7-2-8-16-23)29(24-17-9-3-10-18-24)30(31)25-19-11-4-12-20-25/h1-20H,21H2. The zero-order valence-corrected chi connectivity index (χ0v) is 18.6. The minimum Gasteiger partial charge on any atom is -0.457 e. The summed E-state index contributed by atoms with van der Waals surface area (Å²) in [6.07, 6.45) is 0. The summed E-state index contributed by atoms with van der Waals surface area (Å²) in [7, 11) is 0. The van der Waals surface area contributed by atoms with E-state index >= 15 is 0 Å². The highest BCUT2D eigenvalue weighted by atomic mass is 16.5. The summed E-state index contributed by atoms with van der Waals surface area (Å²) in [5.74, 6) is -0.261. The molecule has 5 aromatic carbocycles. The zero-order chi connectivity index (χ0) is 22.9. The van der Waals surface area contributed by atoms with Crippen molar-refractivity contribution < 1.29 is 9.53 Å². The summed E-state index contributed by atoms with van der Waals surface area (Å²) >= 11 is 0. The number of rotatable bonds is 4. The first-order chi connectivity index (χ1) is 16.8. The molecule has 1 heterocycles. The SMILES string of the molecule is O=C1OCc2c1c(-c1ccccc1)c(-c1ccccc1)c(-c1ccccc1)c2-c1ccccc1. The lowest BCUT2D eigenvalue weighted by atomic mass is 9.78. The number of fused-ring (bicyclic) bond motifs is 1. The molecule has 0 aromatic heterocycles. The van der Waals surface area contributed by atoms with Crippen LogP contribution in [0.3, 0.4) is 0 Å². The monoisotopic (exact) mass is 438 g/mol. The average Bonchev–Trinajstić information content (AvgIpc) is 3.30. The van der Waals surface area contributed by atoms with Gasteiger partial charge in [0.1, 0.15) is 6.61 Å². The molecule has 1 aliphatic rings. The van der Waals surface area contributed by atoms with Gasteiger partial charge in [0, 0.05) is 11.1 Å². The van der Waals surface area contributed by atoms with Gasteiger partial charge in [0.25, 0.3) is 0 Å². The van der Waals surface area contributed by atoms with E-state index in [-0.39, 0.29) is 12.6 Å². The molecule has 2 nitrogen and oxygen atoms in total. The number of ether oxygens (including phenoxy) is 1. The van der Waals surface area contributed by atoms with Crippen molar-refractivity contribution in [1.29, 1.82) is 0 Å². The Morgan fingerprint density at radius 2 is 0.735 bits per heavy atom. The number of hydrogen-bond acceptors (Lipinski definition) is 2. The van der Waals surface area contributed by atoms with Crippen LogP contribution >= 0.6 is 0 Å². The van der Waals surface area contributed by atoms with Crippen molar-refractivity contribution in [2.24, 2.45) is 0 Å². The Labute approximate surface area is 199 Å². The molecule has 0 fully saturated rings. The molecule has 0 atom stereocenters. The molecule has 5 aromatic rings. The van der Waals surface area contributed by atoms with Gasteiger partial charge in [0.05, 0.1) is 5.56 Å². The Morgan fingerprint density at radius 3 is 1.15 bits per heavy atom. The van der Waals surface area contributed by atoms with Gasteiger partial charge >= 0.3 is 5.97 Å². The van der Waals surface area contributed by atoms with Crippen molar-refractivity contribution in [3.05, 3.63) is 132 Å². The highest BCUT2D eigenvalue weighted by Gasteiger charge is 2.34. The molecule has 0 aliphatic carbocycles. The lowest BCUT2D eigenvalue weighted by molar-refractivity contribution is 0.0536. The van der Waals surface area contributed by atoms with Crippen LogP contribution in [0.2, 0.25) is 0 Å². The molecule has 1 aliphatic heterocycles. The molecule has 0 saturated heterocycles. The third-order valence-electron chi connectivity index (χ3n) is 6.41. The molecule has 34 heavy (non-hydrogen) atoms. The second-order valence-corrected chi connectivity index (χ2v) is 8.39. The van der Waals surface area contributed by atoms with Gasteiger partial charge in [-0.1, -0.05) is 121 Å². The maximum atomic E-state index is 13.3. The van der Waals surface area contributed by atoms with Gasteiger partial charge in [-0.05, 0) is 38.9 Å². The summed E-state index contributed by atoms with van der Waals surface area (Å²) in [6, 6.07) is 41.3. The van der Waals surface area contributed by atoms with E-state index in [0.717, 1.165) is 50.1 Å². The predicted octanol–water partition coefficient (Wildman–Crippen LogP) is 8.03. The van der Waals surface area contributed by atoms with Gasteiger partial charge in [0.15, 0.2) is 0 Å². The van der Waals surface area contributed by atoms with Crippen molar-refractivity contribution in [3.63, 3.8) is 0 Å². The summed E-state index contributed by atoms with van der Waals surface area (Å²) in [4.78, 5) is 13.3. The highest BCUT2D eigenvalue weighted by molar-refractivity contribution is 6.13. The van der Waals surface area contributed by atoms with E-state index in [1.54, 1.807) is 0 Å². The van der Waals surface area contributed by atoms with Gasteiger partial charge in [0.2, 0.25) is 0 Å². The molecule has 6 rings (SSSR count). The van der Waals surface area contributed by atoms with Crippen LogP contribution in [0.1, 0.15) is 15.9 Å². The van der Waals surface area contributed by atoms with E-state index in [0.29, 0.717) is 5.56 Å². The molecule has 162 valence electrons. The van der Waals surface area contributed by atoms with E-state index in [9.17, 15) is 4.79 Å². The largest absolute Gasteiger partial charge is 0.457 e. The molecule has 2 heteroatoms. The van der Waals surface area contributed by atoms with Crippen LogP contribution in [0.15, 0.2) is 121 Å². The van der Waals surface area contributed by atoms with E-state index in [2.05, 4.69) is 60.7 Å². The minimum absolute atomic E-state index is 0.261. The van der Waals surface area contributed by atoms with E-state index < -0.39 is 0 Å². The number of hydrogen-bond donors (Lipinski definition) is 0. The van der Waals surface area contributed by atoms with E-state index in [1.807, 2.05) is 60.7 Å². The molecular formula is C32H22O2. The fraction of sp³-hybridized carbons (Fsp3) is 0.0312. The molecule has 0 radical (unpaired) electrons. The van der Waals surface area contributed by atoms with E-state index in [1.165, 1.54) is 0 Å². The van der Waals surface area contributed by atoms with Gasteiger partial charge < -0.3 is 4.74 Å². The molecule has 0 bridgehead atoms. The molecule has 0 amide bonds. The summed E-state index contributed by atoms with van der Waals surface area (Å²) in [5, 5.41) is 0. The van der Waals surface area contributed by atoms with Crippen molar-refractivity contribution in [2.45, 2.75) is 6.61 Å². The Hall–Kier alpha value is -4.43. The lowest BCUT2D eigenvalue weighted by Crippen LogP contribution is -2.04. The summed E-state index contributed by atoms with van der Waals surface area (Å²) < 4.78 is 5.69. The first-order valence-corrected chi connectivity index (χ1v) is 11.4. The number of esters is 1. The first kappa shape index (κ1) is 20.2. The van der Waals surface area contributed by atoms with Crippen LogP contribution in [0.5, 0.6) is 0 Å². The fourth-order valence-corrected chi connectivity index (χ4v) is 4.99. The van der Waals surface area contributed by atoms with Gasteiger partial charge in [-0.15, -0.1) is 0 Å². The average molecular weight is 439 g/mol. The molecular weight excluding hydrogens is 416 g/mol. The van der Waals surface area contributed by atoms with Gasteiger partial charge in [-0.2, -0.15) is 0 Å². The molecule has 0 unspecified atom stereocenters. The summed E-state index contributed by atoms with van der Waals surface area (Å²) in [6.45, 7) is 0.271. The smallest absolute Gasteiger partial charge is 0.339 e. The van der Waals surface area contributed by atoms with Crippen molar-refractivity contribution in [3.8, 4) is 44.5 Å². The first-order valence-electron chi connectivity index (χ1n) is 11.4. The lowest BCUT2D eigenvalue weighted by Gasteiger charge is -2.23. The van der Waals surface area contributed by atoms with Gasteiger partial charge in [-0.25, -0.2) is 4.79 Å². The van der Waals surface area contributed by atoms with Crippen molar-refractivity contribution >= 4 is 5.97 Å². The maximum absolute atomic E-state index is 13.3. The van der Waals surface area contributed by atoms with Crippen LogP contribution < -0.4 is 0 Å². The second kappa shape index (κ2) is 8.49. The second-order valence-electron chi connectivity index (χ2n) is 8.39. The third kappa shape index (κ3) is 3.32. The topological polar surface area (TPSA) is 26.3 Å². The minimum atomic E-state index is -0.261. The number of benzene rings is 5. The predicted molar refractivity (Wildman–Crippen MR) is 137 cm³/mol. The van der Waals surface area contributed by atoms with Crippen LogP contribution in [-0.4, -0.2) is 5.97 Å². The summed E-state index contributed by atoms with van der Waals surface area (Å²) in [5.41, 5.74) is 10.1. The number of cyclic esters (lactones) is 1. The Kier molecular flexibility index (Phi) is 5.04. The van der Waals surface area contributed by atoms with Crippen LogP contribution in [0.25, 0.3) is 44.5 Å². The Balaban J connectivity index is 1.86. The van der Waals surface area contributed by atoms with Gasteiger partial charge in [-0.3, -0.25) is 0 Å². The van der Waals surface area contributed by atoms with Crippen LogP contribution in [0, 0.1) is 0 Å². The van der Waals surface area contributed by atoms with E-state index in [4.69, 9.17) is 4.74 Å². The number of carbonyl (C=O) groups excluding carboxylic acids is 1. The Morgan fingerprint density at radius 1 is 0.412 bits per heavy atom. The zero-order valence-electron chi connectivity index (χ0n) is 18.6. The molecule has 0 N–H and O–H groups in total. The van der Waals surface area contributed by atoms with Crippen molar-refractivity contribution in [2.75, 3.05) is 0 Å². The fourth-order valence-electron chi connectivity index (χ4n) is 4.99.